The molecular weight excluding hydrogens is 288 g/mol. The van der Waals surface area contributed by atoms with Gasteiger partial charge < -0.3 is 19.5 Å². The molecule has 7 nitrogen and oxygen atoms in total. The van der Waals surface area contributed by atoms with Crippen LogP contribution < -0.4 is 0 Å². The summed E-state index contributed by atoms with van der Waals surface area (Å²) >= 11 is 0. The summed E-state index contributed by atoms with van der Waals surface area (Å²) in [5.41, 5.74) is 0.741. The maximum absolute atomic E-state index is 12.7. The topological polar surface area (TPSA) is 89.0 Å². The van der Waals surface area contributed by atoms with Gasteiger partial charge in [0.05, 0.1) is 50.1 Å². The first-order chi connectivity index (χ1) is 10.7. The molecule has 1 fully saturated rings. The number of morpholine rings is 1. The molecule has 1 aliphatic heterocycles. The first-order valence-corrected chi connectivity index (χ1v) is 7.26. The van der Waals surface area contributed by atoms with Gasteiger partial charge in [0, 0.05) is 12.7 Å². The van der Waals surface area contributed by atoms with E-state index in [1.54, 1.807) is 24.0 Å². The number of carbonyl (C=O) groups is 2. The Morgan fingerprint density at radius 1 is 1.55 bits per heavy atom. The van der Waals surface area contributed by atoms with E-state index in [-0.39, 0.29) is 31.6 Å². The zero-order valence-corrected chi connectivity index (χ0v) is 12.5. The third-order valence-corrected chi connectivity index (χ3v) is 3.44. The first kappa shape index (κ1) is 16.4. The van der Waals surface area contributed by atoms with E-state index in [1.807, 2.05) is 0 Å². The van der Waals surface area contributed by atoms with Crippen molar-refractivity contribution in [2.75, 3.05) is 33.0 Å². The summed E-state index contributed by atoms with van der Waals surface area (Å²) in [4.78, 5) is 30.0. The number of pyridine rings is 1. The molecule has 0 aromatic carbocycles. The molecule has 0 saturated carbocycles. The summed E-state index contributed by atoms with van der Waals surface area (Å²) in [6.45, 7) is 2.97. The minimum atomic E-state index is -0.420. The van der Waals surface area contributed by atoms with E-state index in [2.05, 4.69) is 4.98 Å². The van der Waals surface area contributed by atoms with Gasteiger partial charge in [-0.1, -0.05) is 0 Å². The molecule has 2 rings (SSSR count). The minimum absolute atomic E-state index is 0.0517. The monoisotopic (exact) mass is 308 g/mol. The fourth-order valence-electron chi connectivity index (χ4n) is 2.35. The number of aliphatic hydroxyl groups excluding tert-OH is 1. The molecule has 1 saturated heterocycles. The Bertz CT molecular complexity index is 534. The highest BCUT2D eigenvalue weighted by molar-refractivity contribution is 5.96. The van der Waals surface area contributed by atoms with Crippen molar-refractivity contribution in [1.82, 2.24) is 9.88 Å². The number of ether oxygens (including phenoxy) is 2. The van der Waals surface area contributed by atoms with Crippen molar-refractivity contribution >= 4 is 11.9 Å². The normalized spacial score (nSPS) is 18.1. The highest BCUT2D eigenvalue weighted by Gasteiger charge is 2.29. The number of aliphatic hydroxyl groups is 1. The van der Waals surface area contributed by atoms with Crippen molar-refractivity contribution < 1.29 is 24.2 Å². The largest absolute Gasteiger partial charge is 0.466 e. The molecule has 0 bridgehead atoms. The molecule has 22 heavy (non-hydrogen) atoms. The fourth-order valence-corrected chi connectivity index (χ4v) is 2.35. The van der Waals surface area contributed by atoms with Gasteiger partial charge in [-0.3, -0.25) is 14.6 Å². The van der Waals surface area contributed by atoms with Crippen molar-refractivity contribution in [3.63, 3.8) is 0 Å². The summed E-state index contributed by atoms with van der Waals surface area (Å²) in [5, 5.41) is 9.38. The Morgan fingerprint density at radius 3 is 3.09 bits per heavy atom. The second-order valence-electron chi connectivity index (χ2n) is 4.89. The van der Waals surface area contributed by atoms with Crippen LogP contribution in [-0.2, 0) is 20.7 Å². The van der Waals surface area contributed by atoms with Gasteiger partial charge in [0.2, 0.25) is 0 Å². The van der Waals surface area contributed by atoms with E-state index >= 15 is 0 Å². The SMILES string of the molecule is CCOC(=O)Cc1ncccc1C(=O)N1CCOC[C@H]1CO. The number of hydrogen-bond donors (Lipinski definition) is 1. The van der Waals surface area contributed by atoms with Crippen LogP contribution in [0.15, 0.2) is 18.3 Å². The Morgan fingerprint density at radius 2 is 2.36 bits per heavy atom. The average molecular weight is 308 g/mol. The number of aromatic nitrogens is 1. The van der Waals surface area contributed by atoms with Crippen LogP contribution in [-0.4, -0.2) is 65.9 Å². The standard InChI is InChI=1S/C15H20N2O5/c1-2-22-14(19)8-13-12(4-3-5-16-13)15(20)17-6-7-21-10-11(17)9-18/h3-5,11,18H,2,6-10H2,1H3/t11-/m1/s1. The van der Waals surface area contributed by atoms with Crippen LogP contribution in [0.25, 0.3) is 0 Å². The van der Waals surface area contributed by atoms with Crippen LogP contribution >= 0.6 is 0 Å². The maximum atomic E-state index is 12.7. The van der Waals surface area contributed by atoms with Gasteiger partial charge in [-0.2, -0.15) is 0 Å². The molecule has 0 spiro atoms. The van der Waals surface area contributed by atoms with Gasteiger partial charge in [-0.15, -0.1) is 0 Å². The van der Waals surface area contributed by atoms with Crippen molar-refractivity contribution in [2.24, 2.45) is 0 Å². The van der Waals surface area contributed by atoms with E-state index in [0.717, 1.165) is 0 Å². The van der Waals surface area contributed by atoms with E-state index in [1.165, 1.54) is 6.20 Å². The number of esters is 1. The molecule has 1 aliphatic rings. The maximum Gasteiger partial charge on any atom is 0.311 e. The molecule has 1 aromatic rings. The Balaban J connectivity index is 2.20. The second-order valence-corrected chi connectivity index (χ2v) is 4.89. The smallest absolute Gasteiger partial charge is 0.311 e. The minimum Gasteiger partial charge on any atom is -0.466 e. The quantitative estimate of drug-likeness (QED) is 0.772. The zero-order valence-electron chi connectivity index (χ0n) is 12.5. The third kappa shape index (κ3) is 3.80. The van der Waals surface area contributed by atoms with Gasteiger partial charge in [0.25, 0.3) is 5.91 Å². The summed E-state index contributed by atoms with van der Waals surface area (Å²) in [5.74, 6) is -0.675. The molecule has 1 amide bonds. The summed E-state index contributed by atoms with van der Waals surface area (Å²) in [7, 11) is 0. The lowest BCUT2D eigenvalue weighted by Gasteiger charge is -2.34. The third-order valence-electron chi connectivity index (χ3n) is 3.44. The number of nitrogens with zero attached hydrogens (tertiary/aromatic N) is 2. The molecule has 1 N–H and O–H groups in total. The molecule has 7 heteroatoms. The van der Waals surface area contributed by atoms with E-state index < -0.39 is 5.97 Å². The highest BCUT2D eigenvalue weighted by Crippen LogP contribution is 2.15. The van der Waals surface area contributed by atoms with Crippen molar-refractivity contribution in [2.45, 2.75) is 19.4 Å². The average Bonchev–Trinajstić information content (AvgIpc) is 2.55. The Kier molecular flexibility index (Phi) is 5.85. The predicted molar refractivity (Wildman–Crippen MR) is 77.3 cm³/mol. The van der Waals surface area contributed by atoms with E-state index in [9.17, 15) is 14.7 Å². The van der Waals surface area contributed by atoms with Gasteiger partial charge in [0.1, 0.15) is 0 Å². The molecule has 1 aromatic heterocycles. The molecule has 120 valence electrons. The molecule has 0 radical (unpaired) electrons. The molecule has 1 atom stereocenters. The number of rotatable bonds is 5. The predicted octanol–water partition coefficient (Wildman–Crippen LogP) is 0.0205. The van der Waals surface area contributed by atoms with E-state index in [4.69, 9.17) is 9.47 Å². The van der Waals surface area contributed by atoms with Crippen LogP contribution in [0.2, 0.25) is 0 Å². The van der Waals surface area contributed by atoms with Gasteiger partial charge in [0.15, 0.2) is 0 Å². The fraction of sp³-hybridized carbons (Fsp3) is 0.533. The lowest BCUT2D eigenvalue weighted by molar-refractivity contribution is -0.142. The van der Waals surface area contributed by atoms with Crippen molar-refractivity contribution in [1.29, 1.82) is 0 Å². The van der Waals surface area contributed by atoms with E-state index in [0.29, 0.717) is 31.0 Å². The van der Waals surface area contributed by atoms with Crippen LogP contribution in [0.5, 0.6) is 0 Å². The lowest BCUT2D eigenvalue weighted by Crippen LogP contribution is -2.50. The van der Waals surface area contributed by atoms with Crippen molar-refractivity contribution in [3.8, 4) is 0 Å². The van der Waals surface area contributed by atoms with Gasteiger partial charge in [-0.05, 0) is 19.1 Å². The second kappa shape index (κ2) is 7.86. The summed E-state index contributed by atoms with van der Waals surface area (Å²) in [6.07, 6.45) is 1.48. The Labute approximate surface area is 128 Å². The lowest BCUT2D eigenvalue weighted by atomic mass is 10.1. The molecule has 0 unspecified atom stereocenters. The molecule has 2 heterocycles. The van der Waals surface area contributed by atoms with Gasteiger partial charge >= 0.3 is 5.97 Å². The van der Waals surface area contributed by atoms with Crippen LogP contribution in [0.1, 0.15) is 23.0 Å². The number of amides is 1. The first-order valence-electron chi connectivity index (χ1n) is 7.26. The summed E-state index contributed by atoms with van der Waals surface area (Å²) < 4.78 is 10.2. The van der Waals surface area contributed by atoms with Crippen molar-refractivity contribution in [3.05, 3.63) is 29.6 Å². The molecular formula is C15H20N2O5. The Hall–Kier alpha value is -1.99. The summed E-state index contributed by atoms with van der Waals surface area (Å²) in [6, 6.07) is 2.90. The van der Waals surface area contributed by atoms with Crippen LogP contribution in [0.4, 0.5) is 0 Å². The number of carbonyl (C=O) groups excluding carboxylic acids is 2. The zero-order chi connectivity index (χ0) is 15.9. The van der Waals surface area contributed by atoms with Gasteiger partial charge in [-0.25, -0.2) is 0 Å². The number of hydrogen-bond acceptors (Lipinski definition) is 6. The van der Waals surface area contributed by atoms with Crippen LogP contribution in [0, 0.1) is 0 Å². The van der Waals surface area contributed by atoms with Crippen LogP contribution in [0.3, 0.4) is 0 Å². The molecule has 0 aliphatic carbocycles. The highest BCUT2D eigenvalue weighted by atomic mass is 16.5.